The molecule has 0 atom stereocenters. The third-order valence-electron chi connectivity index (χ3n) is 4.95. The highest BCUT2D eigenvalue weighted by Crippen LogP contribution is 2.36. The number of hydrogen-bond donors (Lipinski definition) is 0. The van der Waals surface area contributed by atoms with Gasteiger partial charge in [-0.2, -0.15) is 0 Å². The van der Waals surface area contributed by atoms with Crippen LogP contribution in [0.15, 0.2) is 54.6 Å². The van der Waals surface area contributed by atoms with Gasteiger partial charge in [0.25, 0.3) is 5.91 Å². The molecule has 3 nitrogen and oxygen atoms in total. The van der Waals surface area contributed by atoms with Gasteiger partial charge in [0.2, 0.25) is 0 Å². The third kappa shape index (κ3) is 2.49. The second-order valence-corrected chi connectivity index (χ2v) is 7.93. The van der Waals surface area contributed by atoms with Gasteiger partial charge in [-0.15, -0.1) is 11.3 Å². The Morgan fingerprint density at radius 1 is 1.04 bits per heavy atom. The van der Waals surface area contributed by atoms with E-state index in [4.69, 9.17) is 11.6 Å². The van der Waals surface area contributed by atoms with Crippen LogP contribution in [0, 0.1) is 0 Å². The minimum Gasteiger partial charge on any atom is -0.333 e. The summed E-state index contributed by atoms with van der Waals surface area (Å²) in [6.45, 7) is 1.41. The van der Waals surface area contributed by atoms with Gasteiger partial charge in [0.1, 0.15) is 5.15 Å². The van der Waals surface area contributed by atoms with Gasteiger partial charge in [-0.3, -0.25) is 4.79 Å². The molecule has 0 radical (unpaired) electrons. The molecule has 1 aliphatic rings. The molecule has 0 saturated heterocycles. The zero-order valence-electron chi connectivity index (χ0n) is 13.9. The predicted molar refractivity (Wildman–Crippen MR) is 107 cm³/mol. The molecule has 0 fully saturated rings. The Balaban J connectivity index is 1.56. The summed E-state index contributed by atoms with van der Waals surface area (Å²) in [6, 6.07) is 18.1. The van der Waals surface area contributed by atoms with Gasteiger partial charge in [0, 0.05) is 28.6 Å². The van der Waals surface area contributed by atoms with Crippen LogP contribution in [0.3, 0.4) is 0 Å². The molecule has 0 saturated carbocycles. The average Bonchev–Trinajstić information content (AvgIpc) is 3.13. The highest BCUT2D eigenvalue weighted by atomic mass is 35.5. The Bertz CT molecular complexity index is 1170. The van der Waals surface area contributed by atoms with Crippen LogP contribution in [0.4, 0.5) is 0 Å². The lowest BCUT2D eigenvalue weighted by Crippen LogP contribution is -2.35. The number of thiophene rings is 1. The quantitative estimate of drug-likeness (QED) is 0.421. The van der Waals surface area contributed by atoms with Gasteiger partial charge in [0.05, 0.1) is 10.4 Å². The normalized spacial score (nSPS) is 14.0. The van der Waals surface area contributed by atoms with E-state index < -0.39 is 0 Å². The van der Waals surface area contributed by atoms with Crippen molar-refractivity contribution in [2.24, 2.45) is 0 Å². The van der Waals surface area contributed by atoms with E-state index in [1.54, 1.807) is 0 Å². The van der Waals surface area contributed by atoms with Crippen LogP contribution in [0.5, 0.6) is 0 Å². The predicted octanol–water partition coefficient (Wildman–Crippen LogP) is 5.30. The summed E-state index contributed by atoms with van der Waals surface area (Å²) >= 11 is 7.89. The molecule has 0 aliphatic carbocycles. The van der Waals surface area contributed by atoms with Crippen molar-refractivity contribution >= 4 is 49.8 Å². The first-order chi connectivity index (χ1) is 12.7. The maximum atomic E-state index is 13.1. The summed E-state index contributed by atoms with van der Waals surface area (Å²) in [5.41, 5.74) is 3.43. The summed E-state index contributed by atoms with van der Waals surface area (Å²) < 4.78 is 1.03. The molecule has 2 aromatic carbocycles. The van der Waals surface area contributed by atoms with E-state index >= 15 is 0 Å². The molecule has 0 bridgehead atoms. The highest BCUT2D eigenvalue weighted by Gasteiger charge is 2.24. The number of benzene rings is 2. The second-order valence-electron chi connectivity index (χ2n) is 6.52. The number of nitrogens with zero attached hydrogens (tertiary/aromatic N) is 2. The number of rotatable bonds is 1. The third-order valence-corrected chi connectivity index (χ3v) is 6.39. The van der Waals surface area contributed by atoms with Gasteiger partial charge < -0.3 is 4.90 Å². The molecule has 26 heavy (non-hydrogen) atoms. The standard InChI is InChI=1S/C21H15ClN2OS/c22-20-16-11-18(26-19(16)15-7-3-4-8-17(15)23-20)21(25)24-10-9-13-5-1-2-6-14(13)12-24/h1-8,11H,9-10,12H2. The molecule has 5 heteroatoms. The lowest BCUT2D eigenvalue weighted by atomic mass is 10.00. The Morgan fingerprint density at radius 2 is 1.81 bits per heavy atom. The molecule has 1 amide bonds. The zero-order chi connectivity index (χ0) is 17.7. The minimum atomic E-state index is 0.0702. The molecule has 4 aromatic rings. The Kier molecular flexibility index (Phi) is 3.69. The van der Waals surface area contributed by atoms with Gasteiger partial charge in [-0.25, -0.2) is 4.98 Å². The van der Waals surface area contributed by atoms with Gasteiger partial charge in [0.15, 0.2) is 0 Å². The maximum Gasteiger partial charge on any atom is 0.264 e. The smallest absolute Gasteiger partial charge is 0.264 e. The monoisotopic (exact) mass is 378 g/mol. The molecule has 5 rings (SSSR count). The highest BCUT2D eigenvalue weighted by molar-refractivity contribution is 7.21. The number of fused-ring (bicyclic) bond motifs is 4. The van der Waals surface area contributed by atoms with Crippen molar-refractivity contribution in [3.63, 3.8) is 0 Å². The molecular formula is C21H15ClN2OS. The first kappa shape index (κ1) is 15.8. The lowest BCUT2D eigenvalue weighted by Gasteiger charge is -2.28. The van der Waals surface area contributed by atoms with E-state index in [-0.39, 0.29) is 5.91 Å². The van der Waals surface area contributed by atoms with Crippen LogP contribution in [0.25, 0.3) is 21.0 Å². The molecule has 0 N–H and O–H groups in total. The van der Waals surface area contributed by atoms with E-state index in [2.05, 4.69) is 23.2 Å². The molecule has 128 valence electrons. The molecule has 1 aliphatic heterocycles. The summed E-state index contributed by atoms with van der Waals surface area (Å²) in [5, 5.41) is 2.36. The van der Waals surface area contributed by atoms with Crippen molar-refractivity contribution in [3.8, 4) is 0 Å². The molecule has 3 heterocycles. The Labute approximate surface area is 159 Å². The largest absolute Gasteiger partial charge is 0.333 e. The van der Waals surface area contributed by atoms with Crippen molar-refractivity contribution < 1.29 is 4.79 Å². The minimum absolute atomic E-state index is 0.0702. The van der Waals surface area contributed by atoms with Crippen molar-refractivity contribution in [1.29, 1.82) is 0 Å². The van der Waals surface area contributed by atoms with Crippen molar-refractivity contribution in [2.45, 2.75) is 13.0 Å². The van der Waals surface area contributed by atoms with Gasteiger partial charge in [-0.05, 0) is 29.7 Å². The number of carbonyl (C=O) groups excluding carboxylic acids is 1. The second kappa shape index (κ2) is 6.08. The van der Waals surface area contributed by atoms with E-state index in [1.165, 1.54) is 22.5 Å². The summed E-state index contributed by atoms with van der Waals surface area (Å²) in [7, 11) is 0. The van der Waals surface area contributed by atoms with Crippen molar-refractivity contribution in [2.75, 3.05) is 6.54 Å². The molecular weight excluding hydrogens is 364 g/mol. The number of carbonyl (C=O) groups is 1. The van der Waals surface area contributed by atoms with Crippen molar-refractivity contribution in [1.82, 2.24) is 9.88 Å². The van der Waals surface area contributed by atoms with Gasteiger partial charge in [-0.1, -0.05) is 54.1 Å². The van der Waals surface area contributed by atoms with Crippen LogP contribution < -0.4 is 0 Å². The number of pyridine rings is 1. The van der Waals surface area contributed by atoms with E-state index in [1.807, 2.05) is 41.3 Å². The Hall–Kier alpha value is -2.43. The van der Waals surface area contributed by atoms with Crippen LogP contribution in [0.2, 0.25) is 5.15 Å². The van der Waals surface area contributed by atoms with Crippen LogP contribution in [-0.2, 0) is 13.0 Å². The number of aromatic nitrogens is 1. The fourth-order valence-corrected chi connectivity index (χ4v) is 5.06. The Morgan fingerprint density at radius 3 is 2.69 bits per heavy atom. The molecule has 0 unspecified atom stereocenters. The van der Waals surface area contributed by atoms with E-state index in [0.717, 1.165) is 38.8 Å². The number of hydrogen-bond acceptors (Lipinski definition) is 3. The molecule has 2 aromatic heterocycles. The lowest BCUT2D eigenvalue weighted by molar-refractivity contribution is 0.0739. The van der Waals surface area contributed by atoms with Crippen LogP contribution in [0.1, 0.15) is 20.8 Å². The first-order valence-corrected chi connectivity index (χ1v) is 9.74. The summed E-state index contributed by atoms with van der Waals surface area (Å²) in [6.07, 6.45) is 0.901. The SMILES string of the molecule is O=C(c1cc2c(Cl)nc3ccccc3c2s1)N1CCc2ccccc2C1. The van der Waals surface area contributed by atoms with E-state index in [0.29, 0.717) is 11.7 Å². The van der Waals surface area contributed by atoms with Crippen LogP contribution in [-0.4, -0.2) is 22.3 Å². The fraction of sp³-hybridized carbons (Fsp3) is 0.143. The van der Waals surface area contributed by atoms with Gasteiger partial charge >= 0.3 is 0 Å². The number of halogens is 1. The zero-order valence-corrected chi connectivity index (χ0v) is 15.5. The summed E-state index contributed by atoms with van der Waals surface area (Å²) in [4.78, 5) is 20.2. The number of amides is 1. The first-order valence-electron chi connectivity index (χ1n) is 8.54. The summed E-state index contributed by atoms with van der Waals surface area (Å²) in [5.74, 6) is 0.0702. The average molecular weight is 379 g/mol. The molecule has 0 spiro atoms. The van der Waals surface area contributed by atoms with Crippen molar-refractivity contribution in [3.05, 3.63) is 75.8 Å². The maximum absolute atomic E-state index is 13.1. The fourth-order valence-electron chi connectivity index (χ4n) is 3.60. The topological polar surface area (TPSA) is 33.2 Å². The van der Waals surface area contributed by atoms with Crippen LogP contribution >= 0.6 is 22.9 Å². The number of para-hydroxylation sites is 1. The van der Waals surface area contributed by atoms with E-state index in [9.17, 15) is 4.79 Å².